The predicted octanol–water partition coefficient (Wildman–Crippen LogP) is 2.98. The predicted molar refractivity (Wildman–Crippen MR) is 110 cm³/mol. The van der Waals surface area contributed by atoms with Gasteiger partial charge in [0.25, 0.3) is 0 Å². The summed E-state index contributed by atoms with van der Waals surface area (Å²) in [6, 6.07) is 0.565. The molecule has 1 heterocycles. The van der Waals surface area contributed by atoms with E-state index in [2.05, 4.69) is 51.2 Å². The van der Waals surface area contributed by atoms with Crippen LogP contribution in [0, 0.1) is 5.92 Å². The van der Waals surface area contributed by atoms with Crippen molar-refractivity contribution < 1.29 is 0 Å². The first kappa shape index (κ1) is 21.2. The third-order valence-corrected chi connectivity index (χ3v) is 4.51. The molecular formula is C17H33IN6. The Labute approximate surface area is 163 Å². The van der Waals surface area contributed by atoms with Crippen molar-refractivity contribution in [2.45, 2.75) is 71.9 Å². The first-order valence-corrected chi connectivity index (χ1v) is 9.14. The molecule has 1 saturated carbocycles. The van der Waals surface area contributed by atoms with Crippen LogP contribution in [0.1, 0.15) is 58.7 Å². The minimum Gasteiger partial charge on any atom is -0.355 e. The lowest BCUT2D eigenvalue weighted by molar-refractivity contribution is 0.329. The van der Waals surface area contributed by atoms with Crippen molar-refractivity contribution in [2.24, 2.45) is 10.9 Å². The van der Waals surface area contributed by atoms with Crippen molar-refractivity contribution in [3.05, 3.63) is 12.2 Å². The van der Waals surface area contributed by atoms with Gasteiger partial charge in [0.1, 0.15) is 12.2 Å². The van der Waals surface area contributed by atoms with E-state index in [0.29, 0.717) is 6.04 Å². The van der Waals surface area contributed by atoms with Crippen molar-refractivity contribution >= 4 is 29.9 Å². The van der Waals surface area contributed by atoms with Crippen LogP contribution in [0.5, 0.6) is 0 Å². The van der Waals surface area contributed by atoms with Gasteiger partial charge in [0.05, 0.1) is 0 Å². The molecule has 24 heavy (non-hydrogen) atoms. The molecule has 0 unspecified atom stereocenters. The molecule has 1 aliphatic rings. The van der Waals surface area contributed by atoms with Gasteiger partial charge in [-0.2, -0.15) is 0 Å². The molecule has 0 radical (unpaired) electrons. The van der Waals surface area contributed by atoms with E-state index in [1.54, 1.807) is 6.33 Å². The molecule has 1 fully saturated rings. The molecule has 2 rings (SSSR count). The van der Waals surface area contributed by atoms with E-state index in [1.807, 2.05) is 0 Å². The van der Waals surface area contributed by atoms with Gasteiger partial charge in [-0.05, 0) is 38.0 Å². The third-order valence-electron chi connectivity index (χ3n) is 4.51. The van der Waals surface area contributed by atoms with Gasteiger partial charge in [0.2, 0.25) is 0 Å². The quantitative estimate of drug-likeness (QED) is 0.383. The van der Waals surface area contributed by atoms with Crippen molar-refractivity contribution in [3.63, 3.8) is 0 Å². The zero-order chi connectivity index (χ0) is 16.5. The van der Waals surface area contributed by atoms with Gasteiger partial charge in [-0.3, -0.25) is 4.99 Å². The Morgan fingerprint density at radius 1 is 1.29 bits per heavy atom. The van der Waals surface area contributed by atoms with E-state index in [0.717, 1.165) is 50.2 Å². The normalized spacial score (nSPS) is 21.2. The van der Waals surface area contributed by atoms with Gasteiger partial charge >= 0.3 is 0 Å². The van der Waals surface area contributed by atoms with Crippen LogP contribution >= 0.6 is 24.0 Å². The summed E-state index contributed by atoms with van der Waals surface area (Å²) in [5, 5.41) is 15.2. The fourth-order valence-electron chi connectivity index (χ4n) is 3.01. The molecule has 6 nitrogen and oxygen atoms in total. The minimum atomic E-state index is 0. The maximum atomic E-state index is 4.67. The number of rotatable bonds is 7. The molecule has 2 N–H and O–H groups in total. The van der Waals surface area contributed by atoms with Gasteiger partial charge in [0, 0.05) is 32.1 Å². The molecule has 0 amide bonds. The zero-order valence-electron chi connectivity index (χ0n) is 15.3. The SMILES string of the molecule is CCCN=C(NCCn1cnnc1CC)NC1CCC(C)CC1.I. The molecule has 0 saturated heterocycles. The van der Waals surface area contributed by atoms with Gasteiger partial charge in [-0.1, -0.05) is 20.8 Å². The van der Waals surface area contributed by atoms with Crippen molar-refractivity contribution in [1.82, 2.24) is 25.4 Å². The molecule has 0 bridgehead atoms. The molecule has 7 heteroatoms. The van der Waals surface area contributed by atoms with Crippen LogP contribution in [0.2, 0.25) is 0 Å². The van der Waals surface area contributed by atoms with Gasteiger partial charge in [0.15, 0.2) is 5.96 Å². The Kier molecular flexibility index (Phi) is 10.3. The number of guanidine groups is 1. The van der Waals surface area contributed by atoms with Crippen molar-refractivity contribution in [3.8, 4) is 0 Å². The van der Waals surface area contributed by atoms with Crippen LogP contribution in [0.15, 0.2) is 11.3 Å². The number of hydrogen-bond donors (Lipinski definition) is 2. The molecule has 0 atom stereocenters. The number of aromatic nitrogens is 3. The molecule has 0 aromatic carbocycles. The topological polar surface area (TPSA) is 67.1 Å². The summed E-state index contributed by atoms with van der Waals surface area (Å²) < 4.78 is 2.10. The standard InChI is InChI=1S/C17H32N6.HI/c1-4-10-18-17(21-15-8-6-14(3)7-9-15)19-11-12-23-13-20-22-16(23)5-2;/h13-15H,4-12H2,1-3H3,(H2,18,19,21);1H. The Balaban J connectivity index is 0.00000288. The molecule has 1 aromatic heterocycles. The summed E-state index contributed by atoms with van der Waals surface area (Å²) in [5.74, 6) is 2.86. The van der Waals surface area contributed by atoms with Crippen LogP contribution in [-0.2, 0) is 13.0 Å². The number of nitrogens with one attached hydrogen (secondary N) is 2. The van der Waals surface area contributed by atoms with E-state index in [1.165, 1.54) is 25.7 Å². The highest BCUT2D eigenvalue weighted by Gasteiger charge is 2.18. The highest BCUT2D eigenvalue weighted by Crippen LogP contribution is 2.23. The van der Waals surface area contributed by atoms with Crippen LogP contribution < -0.4 is 10.6 Å². The summed E-state index contributed by atoms with van der Waals surface area (Å²) >= 11 is 0. The maximum Gasteiger partial charge on any atom is 0.191 e. The Bertz CT molecular complexity index is 479. The second kappa shape index (κ2) is 11.7. The summed E-state index contributed by atoms with van der Waals surface area (Å²) in [6.07, 6.45) is 8.92. The number of aliphatic imine (C=N–C) groups is 1. The van der Waals surface area contributed by atoms with Crippen molar-refractivity contribution in [2.75, 3.05) is 13.1 Å². The molecule has 1 aromatic rings. The molecular weight excluding hydrogens is 415 g/mol. The van der Waals surface area contributed by atoms with E-state index >= 15 is 0 Å². The lowest BCUT2D eigenvalue weighted by Gasteiger charge is -2.28. The third kappa shape index (κ3) is 6.94. The van der Waals surface area contributed by atoms with E-state index in [-0.39, 0.29) is 24.0 Å². The number of halogens is 1. The maximum absolute atomic E-state index is 4.67. The summed E-state index contributed by atoms with van der Waals surface area (Å²) in [6.45, 7) is 9.19. The lowest BCUT2D eigenvalue weighted by Crippen LogP contribution is -2.45. The van der Waals surface area contributed by atoms with E-state index in [4.69, 9.17) is 0 Å². The summed E-state index contributed by atoms with van der Waals surface area (Å²) in [5.41, 5.74) is 0. The first-order chi connectivity index (χ1) is 11.2. The first-order valence-electron chi connectivity index (χ1n) is 9.14. The lowest BCUT2D eigenvalue weighted by atomic mass is 9.87. The largest absolute Gasteiger partial charge is 0.355 e. The minimum absolute atomic E-state index is 0. The smallest absolute Gasteiger partial charge is 0.191 e. The van der Waals surface area contributed by atoms with Gasteiger partial charge in [-0.15, -0.1) is 34.2 Å². The average molecular weight is 448 g/mol. The molecule has 0 aliphatic heterocycles. The Hall–Kier alpha value is -0.860. The monoisotopic (exact) mass is 448 g/mol. The second-order valence-electron chi connectivity index (χ2n) is 6.55. The van der Waals surface area contributed by atoms with Crippen molar-refractivity contribution in [1.29, 1.82) is 0 Å². The fourth-order valence-corrected chi connectivity index (χ4v) is 3.01. The second-order valence-corrected chi connectivity index (χ2v) is 6.55. The van der Waals surface area contributed by atoms with Crippen LogP contribution in [0.25, 0.3) is 0 Å². The van der Waals surface area contributed by atoms with Crippen LogP contribution in [0.4, 0.5) is 0 Å². The number of nitrogens with zero attached hydrogens (tertiary/aromatic N) is 4. The highest BCUT2D eigenvalue weighted by molar-refractivity contribution is 14.0. The van der Waals surface area contributed by atoms with Gasteiger partial charge in [-0.25, -0.2) is 0 Å². The molecule has 138 valence electrons. The average Bonchev–Trinajstić information content (AvgIpc) is 3.02. The summed E-state index contributed by atoms with van der Waals surface area (Å²) in [7, 11) is 0. The summed E-state index contributed by atoms with van der Waals surface area (Å²) in [4.78, 5) is 4.67. The highest BCUT2D eigenvalue weighted by atomic mass is 127. The van der Waals surface area contributed by atoms with Crippen LogP contribution in [-0.4, -0.2) is 39.9 Å². The van der Waals surface area contributed by atoms with Gasteiger partial charge < -0.3 is 15.2 Å². The van der Waals surface area contributed by atoms with E-state index < -0.39 is 0 Å². The molecule has 1 aliphatic carbocycles. The fraction of sp³-hybridized carbons (Fsp3) is 0.824. The number of hydrogen-bond acceptors (Lipinski definition) is 3. The number of aryl methyl sites for hydroxylation is 1. The Morgan fingerprint density at radius 3 is 2.71 bits per heavy atom. The Morgan fingerprint density at radius 2 is 2.04 bits per heavy atom. The van der Waals surface area contributed by atoms with E-state index in [9.17, 15) is 0 Å². The molecule has 0 spiro atoms. The zero-order valence-corrected chi connectivity index (χ0v) is 17.6. The van der Waals surface area contributed by atoms with Crippen LogP contribution in [0.3, 0.4) is 0 Å².